The second-order valence-electron chi connectivity index (χ2n) is 9.72. The van der Waals surface area contributed by atoms with Crippen LogP contribution < -0.4 is 16.0 Å². The molecule has 1 fully saturated rings. The van der Waals surface area contributed by atoms with E-state index in [2.05, 4.69) is 36.0 Å². The fourth-order valence-corrected chi connectivity index (χ4v) is 4.73. The second-order valence-corrected chi connectivity index (χ2v) is 9.72. The molecule has 0 bridgehead atoms. The Morgan fingerprint density at radius 3 is 2.57 bits per heavy atom. The van der Waals surface area contributed by atoms with Gasteiger partial charge in [0.1, 0.15) is 5.82 Å². The van der Waals surface area contributed by atoms with Crippen molar-refractivity contribution in [3.8, 4) is 0 Å². The summed E-state index contributed by atoms with van der Waals surface area (Å²) in [5, 5.41) is 3.17. The highest BCUT2D eigenvalue weighted by atomic mass is 16.1. The fraction of sp³-hybridized carbons (Fsp3) is 0.407. The lowest BCUT2D eigenvalue weighted by Gasteiger charge is -2.40. The number of nitrogens with two attached hydrogens (primary N) is 1. The number of hydrogen-bond acceptors (Lipinski definition) is 6. The van der Waals surface area contributed by atoms with Crippen molar-refractivity contribution >= 4 is 29.0 Å². The number of carbonyl (C=O) groups excluding carboxylic acids is 2. The molecule has 0 spiro atoms. The highest BCUT2D eigenvalue weighted by molar-refractivity contribution is 5.97. The predicted molar refractivity (Wildman–Crippen MR) is 138 cm³/mol. The summed E-state index contributed by atoms with van der Waals surface area (Å²) in [6.07, 6.45) is 7.80. The molecule has 2 atom stereocenters. The molecule has 3 heterocycles. The first-order valence-electron chi connectivity index (χ1n) is 12.2. The maximum Gasteiger partial charge on any atom is 0.271 e. The first kappa shape index (κ1) is 24.4. The Hall–Kier alpha value is -3.68. The summed E-state index contributed by atoms with van der Waals surface area (Å²) in [6, 6.07) is 9.97. The van der Waals surface area contributed by atoms with E-state index >= 15 is 0 Å². The summed E-state index contributed by atoms with van der Waals surface area (Å²) in [5.74, 6) is 1.16. The zero-order valence-corrected chi connectivity index (χ0v) is 20.9. The molecule has 1 amide bonds. The van der Waals surface area contributed by atoms with E-state index in [-0.39, 0.29) is 23.4 Å². The van der Waals surface area contributed by atoms with Crippen LogP contribution in [0.3, 0.4) is 0 Å². The highest BCUT2D eigenvalue weighted by Gasteiger charge is 2.31. The predicted octanol–water partition coefficient (Wildman–Crippen LogP) is 4.66. The largest absolute Gasteiger partial charge is 0.364 e. The molecule has 0 aliphatic carbocycles. The lowest BCUT2D eigenvalue weighted by Crippen LogP contribution is -2.44. The first-order chi connectivity index (χ1) is 16.7. The Morgan fingerprint density at radius 2 is 1.94 bits per heavy atom. The number of amides is 1. The molecule has 1 saturated heterocycles. The van der Waals surface area contributed by atoms with E-state index in [1.807, 2.05) is 54.3 Å². The summed E-state index contributed by atoms with van der Waals surface area (Å²) >= 11 is 0. The van der Waals surface area contributed by atoms with Crippen molar-refractivity contribution in [1.29, 1.82) is 0 Å². The van der Waals surface area contributed by atoms with E-state index in [9.17, 15) is 9.59 Å². The molecule has 0 saturated carbocycles. The van der Waals surface area contributed by atoms with Crippen molar-refractivity contribution in [2.45, 2.75) is 52.0 Å². The Bertz CT molecular complexity index is 1200. The molecule has 8 heteroatoms. The maximum atomic E-state index is 13.1. The average Bonchev–Trinajstić information content (AvgIpc) is 3.24. The van der Waals surface area contributed by atoms with Gasteiger partial charge in [-0.3, -0.25) is 9.59 Å². The number of hydrogen-bond donors (Lipinski definition) is 2. The SMILES string of the molecule is CC(C)c1ccc(C(=O)C[C@@H]2CCCN(c3cnc(C(N)=O)c(Nc4ccn(C)c4)n3)[C@@H]2C)cc1. The molecule has 8 nitrogen and oxygen atoms in total. The molecule has 1 aromatic carbocycles. The van der Waals surface area contributed by atoms with Crippen molar-refractivity contribution in [3.05, 3.63) is 65.7 Å². The van der Waals surface area contributed by atoms with E-state index < -0.39 is 5.91 Å². The van der Waals surface area contributed by atoms with Crippen LogP contribution in [0.4, 0.5) is 17.3 Å². The van der Waals surface area contributed by atoms with Crippen LogP contribution >= 0.6 is 0 Å². The number of carbonyl (C=O) groups is 2. The molecule has 2 aromatic heterocycles. The number of aryl methyl sites for hydroxylation is 1. The van der Waals surface area contributed by atoms with E-state index in [1.54, 1.807) is 6.20 Å². The van der Waals surface area contributed by atoms with Gasteiger partial charge in [-0.15, -0.1) is 0 Å². The summed E-state index contributed by atoms with van der Waals surface area (Å²) in [5.41, 5.74) is 8.43. The third-order valence-electron chi connectivity index (χ3n) is 6.88. The number of rotatable bonds is 8. The van der Waals surface area contributed by atoms with Crippen LogP contribution in [0.15, 0.2) is 48.9 Å². The minimum Gasteiger partial charge on any atom is -0.364 e. The topological polar surface area (TPSA) is 106 Å². The standard InChI is InChI=1S/C27H34N6O2/c1-17(2)19-7-9-20(10-8-19)23(34)14-21-6-5-12-33(18(21)3)24-15-29-25(26(28)35)27(31-24)30-22-11-13-32(4)16-22/h7-11,13,15-18,21H,5-6,12,14H2,1-4H3,(H2,28,35)(H,30,31)/t18-,21+/m1/s1. The van der Waals surface area contributed by atoms with Crippen molar-refractivity contribution in [1.82, 2.24) is 14.5 Å². The molecule has 1 aliphatic heterocycles. The van der Waals surface area contributed by atoms with Gasteiger partial charge in [-0.1, -0.05) is 38.1 Å². The quantitative estimate of drug-likeness (QED) is 0.460. The van der Waals surface area contributed by atoms with Gasteiger partial charge >= 0.3 is 0 Å². The Balaban J connectivity index is 1.52. The summed E-state index contributed by atoms with van der Waals surface area (Å²) in [7, 11) is 1.91. The van der Waals surface area contributed by atoms with Crippen LogP contribution in [0.1, 0.15) is 72.4 Å². The molecule has 35 heavy (non-hydrogen) atoms. The lowest BCUT2D eigenvalue weighted by molar-refractivity contribution is 0.0944. The van der Waals surface area contributed by atoms with Gasteiger partial charge in [0.2, 0.25) is 0 Å². The van der Waals surface area contributed by atoms with E-state index in [0.29, 0.717) is 24.0 Å². The third-order valence-corrected chi connectivity index (χ3v) is 6.88. The minimum absolute atomic E-state index is 0.0961. The van der Waals surface area contributed by atoms with Crippen molar-refractivity contribution in [3.63, 3.8) is 0 Å². The van der Waals surface area contributed by atoms with Crippen LogP contribution in [0, 0.1) is 5.92 Å². The van der Waals surface area contributed by atoms with E-state index in [1.165, 1.54) is 5.56 Å². The van der Waals surface area contributed by atoms with Gasteiger partial charge in [0.05, 0.1) is 11.9 Å². The van der Waals surface area contributed by atoms with Crippen LogP contribution in [0.2, 0.25) is 0 Å². The van der Waals surface area contributed by atoms with Gasteiger partial charge in [0.25, 0.3) is 5.91 Å². The van der Waals surface area contributed by atoms with Gasteiger partial charge in [-0.05, 0) is 43.2 Å². The molecule has 184 valence electrons. The van der Waals surface area contributed by atoms with Crippen LogP contribution in [-0.4, -0.2) is 38.8 Å². The minimum atomic E-state index is -0.638. The third kappa shape index (κ3) is 5.53. The van der Waals surface area contributed by atoms with Crippen LogP contribution in [0.25, 0.3) is 0 Å². The number of ketones is 1. The Kier molecular flexibility index (Phi) is 7.19. The number of piperidine rings is 1. The molecular weight excluding hydrogens is 440 g/mol. The van der Waals surface area contributed by atoms with Crippen molar-refractivity contribution < 1.29 is 9.59 Å². The van der Waals surface area contributed by atoms with Gasteiger partial charge < -0.3 is 20.5 Å². The van der Waals surface area contributed by atoms with Crippen LogP contribution in [0.5, 0.6) is 0 Å². The van der Waals surface area contributed by atoms with E-state index in [0.717, 1.165) is 30.6 Å². The second kappa shape index (κ2) is 10.3. The normalized spacial score (nSPS) is 18.0. The lowest BCUT2D eigenvalue weighted by atomic mass is 9.84. The summed E-state index contributed by atoms with van der Waals surface area (Å²) < 4.78 is 1.90. The molecule has 4 rings (SSSR count). The number of Topliss-reactive ketones (excluding diaryl/α,β-unsaturated/α-hetero) is 1. The van der Waals surface area contributed by atoms with Crippen molar-refractivity contribution in [2.24, 2.45) is 18.7 Å². The number of benzene rings is 1. The number of nitrogens with one attached hydrogen (secondary N) is 1. The van der Waals surface area contributed by atoms with Gasteiger partial charge in [-0.25, -0.2) is 9.97 Å². The van der Waals surface area contributed by atoms with Gasteiger partial charge in [-0.2, -0.15) is 0 Å². The van der Waals surface area contributed by atoms with Crippen LogP contribution in [-0.2, 0) is 7.05 Å². The molecular formula is C27H34N6O2. The Morgan fingerprint density at radius 1 is 1.20 bits per heavy atom. The monoisotopic (exact) mass is 474 g/mol. The van der Waals surface area contributed by atoms with Gasteiger partial charge in [0, 0.05) is 44.0 Å². The number of aromatic nitrogens is 3. The smallest absolute Gasteiger partial charge is 0.271 e. The average molecular weight is 475 g/mol. The molecule has 3 N–H and O–H groups in total. The molecule has 3 aromatic rings. The number of anilines is 3. The number of nitrogens with zero attached hydrogens (tertiary/aromatic N) is 4. The highest BCUT2D eigenvalue weighted by Crippen LogP contribution is 2.32. The molecule has 0 radical (unpaired) electrons. The summed E-state index contributed by atoms with van der Waals surface area (Å²) in [4.78, 5) is 36.2. The first-order valence-corrected chi connectivity index (χ1v) is 12.2. The zero-order chi connectivity index (χ0) is 25.1. The summed E-state index contributed by atoms with van der Waals surface area (Å²) in [6.45, 7) is 7.24. The molecule has 0 unspecified atom stereocenters. The molecule has 1 aliphatic rings. The fourth-order valence-electron chi connectivity index (χ4n) is 4.73. The number of primary amides is 1. The van der Waals surface area contributed by atoms with E-state index in [4.69, 9.17) is 10.7 Å². The Labute approximate surface area is 206 Å². The maximum absolute atomic E-state index is 13.1. The zero-order valence-electron chi connectivity index (χ0n) is 20.9. The van der Waals surface area contributed by atoms with Crippen molar-refractivity contribution in [2.75, 3.05) is 16.8 Å². The van der Waals surface area contributed by atoms with Gasteiger partial charge in [0.15, 0.2) is 17.3 Å².